The van der Waals surface area contributed by atoms with Crippen LogP contribution in [-0.4, -0.2) is 76.4 Å². The molecule has 0 spiro atoms. The molecule has 0 aliphatic carbocycles. The quantitative estimate of drug-likeness (QED) is 0.659. The van der Waals surface area contributed by atoms with Crippen LogP contribution < -0.4 is 5.32 Å². The molecule has 116 valence electrons. The van der Waals surface area contributed by atoms with Crippen molar-refractivity contribution in [2.24, 2.45) is 0 Å². The Bertz CT molecular complexity index is 352. The maximum absolute atomic E-state index is 11.9. The molecule has 2 amide bonds. The third-order valence-electron chi connectivity index (χ3n) is 3.86. The highest BCUT2D eigenvalue weighted by Gasteiger charge is 2.31. The molecule has 3 N–H and O–H groups in total. The van der Waals surface area contributed by atoms with E-state index in [0.717, 1.165) is 26.4 Å². The number of carbonyl (C=O) groups excluding carboxylic acids is 1. The Balaban J connectivity index is 2.38. The van der Waals surface area contributed by atoms with Crippen molar-refractivity contribution in [2.75, 3.05) is 32.7 Å². The van der Waals surface area contributed by atoms with Crippen molar-refractivity contribution in [2.45, 2.75) is 38.8 Å². The predicted octanol–water partition coefficient (Wildman–Crippen LogP) is -0.0523. The molecule has 0 aromatic rings. The molecule has 0 aromatic heterocycles. The lowest BCUT2D eigenvalue weighted by molar-refractivity contribution is -0.155. The molecule has 1 aliphatic heterocycles. The topological polar surface area (TPSA) is 93.1 Å². The Kier molecular flexibility index (Phi) is 5.76. The molecule has 0 aromatic carbocycles. The molecule has 2 atom stereocenters. The van der Waals surface area contributed by atoms with Crippen LogP contribution in [0.4, 0.5) is 4.79 Å². The van der Waals surface area contributed by atoms with E-state index in [0.29, 0.717) is 19.1 Å². The molecule has 1 rings (SSSR count). The van der Waals surface area contributed by atoms with Gasteiger partial charge in [0, 0.05) is 32.2 Å². The van der Waals surface area contributed by atoms with E-state index >= 15 is 0 Å². The van der Waals surface area contributed by atoms with Crippen LogP contribution in [0.2, 0.25) is 0 Å². The number of nitrogens with zero attached hydrogens (tertiary/aromatic N) is 2. The van der Waals surface area contributed by atoms with Gasteiger partial charge in [0.15, 0.2) is 5.60 Å². The maximum Gasteiger partial charge on any atom is 0.337 e. The molecular weight excluding hydrogens is 262 g/mol. The van der Waals surface area contributed by atoms with Crippen LogP contribution in [0.25, 0.3) is 0 Å². The fraction of sp³-hybridized carbons (Fsp3) is 0.846. The van der Waals surface area contributed by atoms with Crippen LogP contribution in [0.5, 0.6) is 0 Å². The summed E-state index contributed by atoms with van der Waals surface area (Å²) < 4.78 is 0. The second-order valence-corrected chi connectivity index (χ2v) is 5.52. The van der Waals surface area contributed by atoms with Gasteiger partial charge in [-0.25, -0.2) is 9.59 Å². The van der Waals surface area contributed by atoms with Gasteiger partial charge in [0.2, 0.25) is 0 Å². The molecule has 0 saturated carbocycles. The fourth-order valence-electron chi connectivity index (χ4n) is 2.06. The van der Waals surface area contributed by atoms with Crippen molar-refractivity contribution in [3.05, 3.63) is 0 Å². The zero-order chi connectivity index (χ0) is 15.3. The molecule has 2 unspecified atom stereocenters. The third kappa shape index (κ3) is 4.35. The first kappa shape index (κ1) is 16.7. The van der Waals surface area contributed by atoms with Crippen molar-refractivity contribution < 1.29 is 19.8 Å². The van der Waals surface area contributed by atoms with Gasteiger partial charge in [-0.1, -0.05) is 6.92 Å². The zero-order valence-electron chi connectivity index (χ0n) is 12.4. The molecule has 1 aliphatic rings. The Hall–Kier alpha value is -1.34. The van der Waals surface area contributed by atoms with E-state index < -0.39 is 11.6 Å². The average Bonchev–Trinajstić information content (AvgIpc) is 2.44. The second kappa shape index (κ2) is 6.90. The summed E-state index contributed by atoms with van der Waals surface area (Å²) in [6.45, 7) is 8.03. The van der Waals surface area contributed by atoms with Gasteiger partial charge < -0.3 is 20.4 Å². The number of carboxylic acid groups (broad SMARTS) is 1. The van der Waals surface area contributed by atoms with Gasteiger partial charge in [0.05, 0.1) is 6.54 Å². The molecule has 20 heavy (non-hydrogen) atoms. The number of hydrogen-bond donors (Lipinski definition) is 3. The van der Waals surface area contributed by atoms with Gasteiger partial charge >= 0.3 is 12.0 Å². The summed E-state index contributed by atoms with van der Waals surface area (Å²) in [5, 5.41) is 20.8. The average molecular weight is 287 g/mol. The predicted molar refractivity (Wildman–Crippen MR) is 74.6 cm³/mol. The summed E-state index contributed by atoms with van der Waals surface area (Å²) in [6.07, 6.45) is 1.08. The smallest absolute Gasteiger partial charge is 0.337 e. The minimum atomic E-state index is -1.94. The van der Waals surface area contributed by atoms with Crippen molar-refractivity contribution in [3.8, 4) is 0 Å². The molecule has 0 bridgehead atoms. The number of rotatable bonds is 5. The van der Waals surface area contributed by atoms with E-state index in [1.165, 1.54) is 0 Å². The lowest BCUT2D eigenvalue weighted by Gasteiger charge is -2.38. The number of hydrogen-bond acceptors (Lipinski definition) is 4. The van der Waals surface area contributed by atoms with Gasteiger partial charge in [-0.15, -0.1) is 0 Å². The van der Waals surface area contributed by atoms with Gasteiger partial charge in [0.25, 0.3) is 0 Å². The van der Waals surface area contributed by atoms with E-state index in [4.69, 9.17) is 5.11 Å². The molecule has 7 heteroatoms. The van der Waals surface area contributed by atoms with Crippen molar-refractivity contribution in [1.82, 2.24) is 15.1 Å². The van der Waals surface area contributed by atoms with Crippen molar-refractivity contribution >= 4 is 12.0 Å². The van der Waals surface area contributed by atoms with Crippen LogP contribution in [-0.2, 0) is 4.79 Å². The van der Waals surface area contributed by atoms with E-state index in [1.807, 2.05) is 0 Å². The number of piperazine rings is 1. The SMILES string of the molecule is CCC(C)N1CCN(C(=O)NCC(C)(O)C(=O)O)CC1. The lowest BCUT2D eigenvalue weighted by atomic mass is 10.1. The molecule has 0 radical (unpaired) electrons. The monoisotopic (exact) mass is 287 g/mol. The largest absolute Gasteiger partial charge is 0.479 e. The first-order chi connectivity index (χ1) is 9.27. The van der Waals surface area contributed by atoms with Gasteiger partial charge in [-0.2, -0.15) is 0 Å². The summed E-state index contributed by atoms with van der Waals surface area (Å²) in [6, 6.07) is 0.184. The van der Waals surface area contributed by atoms with Crippen LogP contribution in [0.1, 0.15) is 27.2 Å². The number of carbonyl (C=O) groups is 2. The Morgan fingerprint density at radius 1 is 1.30 bits per heavy atom. The Morgan fingerprint density at radius 3 is 2.30 bits per heavy atom. The zero-order valence-corrected chi connectivity index (χ0v) is 12.4. The van der Waals surface area contributed by atoms with Gasteiger partial charge in [-0.05, 0) is 20.3 Å². The summed E-state index contributed by atoms with van der Waals surface area (Å²) in [7, 11) is 0. The Morgan fingerprint density at radius 2 is 1.85 bits per heavy atom. The summed E-state index contributed by atoms with van der Waals surface area (Å²) in [5.41, 5.74) is -1.94. The highest BCUT2D eigenvalue weighted by Crippen LogP contribution is 2.09. The van der Waals surface area contributed by atoms with E-state index in [-0.39, 0.29) is 12.6 Å². The highest BCUT2D eigenvalue weighted by molar-refractivity contribution is 5.79. The Labute approximate surface area is 119 Å². The number of urea groups is 1. The second-order valence-electron chi connectivity index (χ2n) is 5.52. The summed E-state index contributed by atoms with van der Waals surface area (Å²) >= 11 is 0. The van der Waals surface area contributed by atoms with Crippen molar-refractivity contribution in [1.29, 1.82) is 0 Å². The first-order valence-corrected chi connectivity index (χ1v) is 7.00. The molecular formula is C13H25N3O4. The normalized spacial score (nSPS) is 21.1. The van der Waals surface area contributed by atoms with Crippen molar-refractivity contribution in [3.63, 3.8) is 0 Å². The molecule has 7 nitrogen and oxygen atoms in total. The highest BCUT2D eigenvalue weighted by atomic mass is 16.4. The van der Waals surface area contributed by atoms with E-state index in [2.05, 4.69) is 24.1 Å². The number of aliphatic hydroxyl groups is 1. The van der Waals surface area contributed by atoms with E-state index in [1.54, 1.807) is 4.90 Å². The van der Waals surface area contributed by atoms with Crippen LogP contribution in [0.15, 0.2) is 0 Å². The number of carboxylic acids is 1. The van der Waals surface area contributed by atoms with Crippen LogP contribution >= 0.6 is 0 Å². The number of aliphatic carboxylic acids is 1. The van der Waals surface area contributed by atoms with Gasteiger partial charge in [0.1, 0.15) is 0 Å². The minimum absolute atomic E-state index is 0.299. The number of nitrogens with one attached hydrogen (secondary N) is 1. The third-order valence-corrected chi connectivity index (χ3v) is 3.86. The van der Waals surface area contributed by atoms with E-state index in [9.17, 15) is 14.7 Å². The van der Waals surface area contributed by atoms with Crippen LogP contribution in [0.3, 0.4) is 0 Å². The maximum atomic E-state index is 11.9. The molecule has 1 heterocycles. The molecule has 1 fully saturated rings. The first-order valence-electron chi connectivity index (χ1n) is 7.00. The molecule has 1 saturated heterocycles. The van der Waals surface area contributed by atoms with Crippen LogP contribution in [0, 0.1) is 0 Å². The fourth-order valence-corrected chi connectivity index (χ4v) is 2.06. The number of amides is 2. The summed E-state index contributed by atoms with van der Waals surface area (Å²) in [5.74, 6) is -1.35. The lowest BCUT2D eigenvalue weighted by Crippen LogP contribution is -2.56. The summed E-state index contributed by atoms with van der Waals surface area (Å²) in [4.78, 5) is 26.6. The van der Waals surface area contributed by atoms with Gasteiger partial charge in [-0.3, -0.25) is 4.90 Å². The minimum Gasteiger partial charge on any atom is -0.479 e. The standard InChI is InChI=1S/C13H25N3O4/c1-4-10(2)15-5-7-16(8-6-15)12(19)14-9-13(3,20)11(17)18/h10,20H,4-9H2,1-3H3,(H,14,19)(H,17,18).